The number of hydrogen-bond donors (Lipinski definition) is 0. The molecule has 0 radical (unpaired) electrons. The van der Waals surface area contributed by atoms with Gasteiger partial charge >= 0.3 is 0 Å². The molecule has 0 atom stereocenters. The molecule has 0 amide bonds. The highest BCUT2D eigenvalue weighted by atomic mass is 16.3. The van der Waals surface area contributed by atoms with Crippen molar-refractivity contribution in [1.82, 2.24) is 19.5 Å². The second kappa shape index (κ2) is 10.00. The number of para-hydroxylation sites is 2. The minimum absolute atomic E-state index is 0.608. The van der Waals surface area contributed by atoms with Crippen LogP contribution in [0.3, 0.4) is 0 Å². The van der Waals surface area contributed by atoms with Gasteiger partial charge in [-0.3, -0.25) is 0 Å². The summed E-state index contributed by atoms with van der Waals surface area (Å²) in [4.78, 5) is 14.8. The van der Waals surface area contributed by atoms with Crippen LogP contribution in [0.2, 0.25) is 0 Å². The Bertz CT molecular complexity index is 2470. The fourth-order valence-electron chi connectivity index (χ4n) is 6.53. The lowest BCUT2D eigenvalue weighted by Crippen LogP contribution is -2.00. The molecule has 0 bridgehead atoms. The number of rotatable bonds is 4. The summed E-state index contributed by atoms with van der Waals surface area (Å²) in [5.74, 6) is 1.88. The molecule has 0 unspecified atom stereocenters. The maximum absolute atomic E-state index is 6.84. The summed E-state index contributed by atoms with van der Waals surface area (Å²) >= 11 is 0. The summed E-state index contributed by atoms with van der Waals surface area (Å²) in [7, 11) is 0. The molecule has 0 saturated heterocycles. The van der Waals surface area contributed by atoms with Crippen LogP contribution in [0.4, 0.5) is 0 Å². The third-order valence-corrected chi connectivity index (χ3v) is 8.54. The predicted molar refractivity (Wildman–Crippen MR) is 182 cm³/mol. The van der Waals surface area contributed by atoms with Gasteiger partial charge in [-0.05, 0) is 48.9 Å². The largest absolute Gasteiger partial charge is 0.454 e. The van der Waals surface area contributed by atoms with Crippen molar-refractivity contribution in [1.29, 1.82) is 0 Å². The molecule has 0 aliphatic heterocycles. The predicted octanol–water partition coefficient (Wildman–Crippen LogP) is 10.2. The Morgan fingerprint density at radius 1 is 0.511 bits per heavy atom. The van der Waals surface area contributed by atoms with Crippen LogP contribution >= 0.6 is 0 Å². The Kier molecular flexibility index (Phi) is 5.65. The summed E-state index contributed by atoms with van der Waals surface area (Å²) < 4.78 is 9.15. The normalized spacial score (nSPS) is 11.7. The smallest absolute Gasteiger partial charge is 0.164 e. The van der Waals surface area contributed by atoms with E-state index in [0.29, 0.717) is 17.5 Å². The summed E-state index contributed by atoms with van der Waals surface area (Å²) in [6.45, 7) is 2.13. The van der Waals surface area contributed by atoms with Crippen molar-refractivity contribution in [3.63, 3.8) is 0 Å². The monoisotopic (exact) mass is 578 g/mol. The quantitative estimate of drug-likeness (QED) is 0.208. The molecule has 5 heteroatoms. The summed E-state index contributed by atoms with van der Waals surface area (Å²) in [5.41, 5.74) is 8.86. The maximum atomic E-state index is 6.84. The van der Waals surface area contributed by atoms with Crippen LogP contribution in [-0.4, -0.2) is 19.5 Å². The first-order valence-electron chi connectivity index (χ1n) is 15.0. The molecule has 3 heterocycles. The van der Waals surface area contributed by atoms with E-state index in [2.05, 4.69) is 84.3 Å². The van der Waals surface area contributed by atoms with Crippen LogP contribution in [0.5, 0.6) is 0 Å². The van der Waals surface area contributed by atoms with Gasteiger partial charge in [0.2, 0.25) is 0 Å². The van der Waals surface area contributed by atoms with Crippen molar-refractivity contribution < 1.29 is 4.42 Å². The molecule has 9 rings (SSSR count). The highest BCUT2D eigenvalue weighted by Crippen LogP contribution is 2.42. The maximum Gasteiger partial charge on any atom is 0.164 e. The molecule has 212 valence electrons. The van der Waals surface area contributed by atoms with Gasteiger partial charge in [-0.2, -0.15) is 0 Å². The third kappa shape index (κ3) is 4.05. The van der Waals surface area contributed by atoms with Crippen molar-refractivity contribution in [3.8, 4) is 39.9 Å². The lowest BCUT2D eigenvalue weighted by molar-refractivity contribution is 0.671. The SMILES string of the molecule is Cc1cc(-c2nc(-c3ccccc3)nc(-c3ccccc3)n2)cc2oc3c(ccc4c5ccccc5n(-c5ccccc5)c43)c12. The second-order valence-electron chi connectivity index (χ2n) is 11.3. The minimum atomic E-state index is 0.608. The van der Waals surface area contributed by atoms with Gasteiger partial charge in [0, 0.05) is 43.9 Å². The van der Waals surface area contributed by atoms with E-state index < -0.39 is 0 Å². The van der Waals surface area contributed by atoms with E-state index in [1.807, 2.05) is 66.7 Å². The number of aromatic nitrogens is 4. The van der Waals surface area contributed by atoms with Gasteiger partial charge in [0.05, 0.1) is 11.0 Å². The zero-order valence-electron chi connectivity index (χ0n) is 24.5. The lowest BCUT2D eigenvalue weighted by atomic mass is 10.0. The van der Waals surface area contributed by atoms with E-state index in [4.69, 9.17) is 19.4 Å². The molecule has 0 spiro atoms. The molecule has 0 aliphatic carbocycles. The van der Waals surface area contributed by atoms with Crippen LogP contribution < -0.4 is 0 Å². The second-order valence-corrected chi connectivity index (χ2v) is 11.3. The Morgan fingerprint density at radius 3 is 1.73 bits per heavy atom. The molecule has 5 nitrogen and oxygen atoms in total. The van der Waals surface area contributed by atoms with Crippen LogP contribution in [0.15, 0.2) is 144 Å². The van der Waals surface area contributed by atoms with Gasteiger partial charge in [-0.1, -0.05) is 103 Å². The van der Waals surface area contributed by atoms with E-state index in [1.165, 1.54) is 5.39 Å². The summed E-state index contributed by atoms with van der Waals surface area (Å²) in [5, 5.41) is 4.55. The van der Waals surface area contributed by atoms with Crippen molar-refractivity contribution >= 4 is 43.7 Å². The molecular weight excluding hydrogens is 552 g/mol. The Morgan fingerprint density at radius 2 is 1.07 bits per heavy atom. The van der Waals surface area contributed by atoms with Gasteiger partial charge in [-0.25, -0.2) is 15.0 Å². The number of nitrogens with zero attached hydrogens (tertiary/aromatic N) is 4. The molecule has 0 N–H and O–H groups in total. The number of furan rings is 1. The average molecular weight is 579 g/mol. The number of aryl methyl sites for hydroxylation is 1. The van der Waals surface area contributed by atoms with Gasteiger partial charge < -0.3 is 8.98 Å². The van der Waals surface area contributed by atoms with Gasteiger partial charge in [-0.15, -0.1) is 0 Å². The first-order chi connectivity index (χ1) is 22.2. The number of fused-ring (bicyclic) bond motifs is 7. The van der Waals surface area contributed by atoms with Gasteiger partial charge in [0.15, 0.2) is 23.1 Å². The van der Waals surface area contributed by atoms with Crippen LogP contribution in [-0.2, 0) is 0 Å². The van der Waals surface area contributed by atoms with Gasteiger partial charge in [0.25, 0.3) is 0 Å². The zero-order valence-corrected chi connectivity index (χ0v) is 24.5. The van der Waals surface area contributed by atoms with E-state index >= 15 is 0 Å². The Hall–Kier alpha value is -6.07. The fraction of sp³-hybridized carbons (Fsp3) is 0.0250. The third-order valence-electron chi connectivity index (χ3n) is 8.54. The summed E-state index contributed by atoms with van der Waals surface area (Å²) in [6.07, 6.45) is 0. The van der Waals surface area contributed by atoms with Crippen molar-refractivity contribution in [2.45, 2.75) is 6.92 Å². The molecule has 6 aromatic carbocycles. The molecule has 0 fully saturated rings. The molecule has 3 aromatic heterocycles. The summed E-state index contributed by atoms with van der Waals surface area (Å²) in [6, 6.07) is 47.8. The van der Waals surface area contributed by atoms with E-state index in [9.17, 15) is 0 Å². The molecule has 0 saturated carbocycles. The molecule has 0 aliphatic rings. The number of benzene rings is 6. The van der Waals surface area contributed by atoms with Crippen molar-refractivity contribution in [3.05, 3.63) is 145 Å². The zero-order chi connectivity index (χ0) is 29.9. The average Bonchev–Trinajstić information content (AvgIpc) is 3.65. The topological polar surface area (TPSA) is 56.7 Å². The lowest BCUT2D eigenvalue weighted by Gasteiger charge is -2.09. The van der Waals surface area contributed by atoms with Crippen LogP contribution in [0.1, 0.15) is 5.56 Å². The highest BCUT2D eigenvalue weighted by Gasteiger charge is 2.21. The number of hydrogen-bond acceptors (Lipinski definition) is 4. The van der Waals surface area contributed by atoms with Crippen LogP contribution in [0.25, 0.3) is 83.6 Å². The first kappa shape index (κ1) is 25.4. The highest BCUT2D eigenvalue weighted by molar-refractivity contribution is 6.22. The van der Waals surface area contributed by atoms with Crippen molar-refractivity contribution in [2.75, 3.05) is 0 Å². The fourth-order valence-corrected chi connectivity index (χ4v) is 6.53. The standard InChI is InChI=1S/C40H26N4O/c1-25-23-28(40-42-38(26-13-5-2-6-14-26)41-39(43-40)27-15-7-3-8-16-27)24-34-35(25)32-22-21-31-30-19-11-12-20-33(30)44(36(31)37(32)45-34)29-17-9-4-10-18-29/h2-24H,1H3. The van der Waals surface area contributed by atoms with Crippen molar-refractivity contribution in [2.24, 2.45) is 0 Å². The van der Waals surface area contributed by atoms with Gasteiger partial charge in [0.1, 0.15) is 5.58 Å². The van der Waals surface area contributed by atoms with E-state index in [0.717, 1.165) is 66.3 Å². The Labute approximate surface area is 259 Å². The molecule has 9 aromatic rings. The van der Waals surface area contributed by atoms with E-state index in [-0.39, 0.29) is 0 Å². The minimum Gasteiger partial charge on any atom is -0.454 e. The van der Waals surface area contributed by atoms with Crippen LogP contribution in [0, 0.1) is 6.92 Å². The first-order valence-corrected chi connectivity index (χ1v) is 15.0. The Balaban J connectivity index is 1.31. The molecular formula is C40H26N4O. The van der Waals surface area contributed by atoms with E-state index in [1.54, 1.807) is 0 Å². The molecule has 45 heavy (non-hydrogen) atoms.